The number of rotatable bonds is 9. The Labute approximate surface area is 258 Å². The van der Waals surface area contributed by atoms with Gasteiger partial charge in [0.15, 0.2) is 5.76 Å². The third-order valence-corrected chi connectivity index (χ3v) is 7.06. The van der Waals surface area contributed by atoms with Crippen LogP contribution in [0.15, 0.2) is 99.2 Å². The summed E-state index contributed by atoms with van der Waals surface area (Å²) < 4.78 is 18.4. The van der Waals surface area contributed by atoms with Gasteiger partial charge in [0.1, 0.15) is 17.9 Å². The molecule has 0 aliphatic heterocycles. The zero-order valence-electron chi connectivity index (χ0n) is 23.3. The zero-order valence-corrected chi connectivity index (χ0v) is 24.1. The van der Waals surface area contributed by atoms with Gasteiger partial charge in [0.25, 0.3) is 5.56 Å². The van der Waals surface area contributed by atoms with Crippen molar-refractivity contribution in [3.05, 3.63) is 127 Å². The largest absolute Gasteiger partial charge is 0.496 e. The highest BCUT2D eigenvalue weighted by molar-refractivity contribution is 6.31. The van der Waals surface area contributed by atoms with Gasteiger partial charge in [-0.1, -0.05) is 41.9 Å². The van der Waals surface area contributed by atoms with Crippen molar-refractivity contribution in [2.24, 2.45) is 5.10 Å². The van der Waals surface area contributed by atoms with Crippen LogP contribution >= 0.6 is 11.6 Å². The maximum atomic E-state index is 13.7. The molecule has 0 amide bonds. The Morgan fingerprint density at radius 3 is 2.67 bits per heavy atom. The molecule has 0 unspecified atom stereocenters. The summed E-state index contributed by atoms with van der Waals surface area (Å²) in [6.07, 6.45) is 1.20. The van der Waals surface area contributed by atoms with Gasteiger partial charge in [-0.2, -0.15) is 9.78 Å². The summed E-state index contributed by atoms with van der Waals surface area (Å²) in [6.45, 7) is -0.200. The number of halogens is 1. The van der Waals surface area contributed by atoms with Gasteiger partial charge >= 0.3 is 11.7 Å². The highest BCUT2D eigenvalue weighted by Gasteiger charge is 2.22. The summed E-state index contributed by atoms with van der Waals surface area (Å²) in [5.41, 5.74) is 0.497. The van der Waals surface area contributed by atoms with Crippen LogP contribution in [-0.2, 0) is 6.61 Å². The topological polar surface area (TPSA) is 159 Å². The van der Waals surface area contributed by atoms with Crippen LogP contribution in [0.3, 0.4) is 0 Å². The van der Waals surface area contributed by atoms with E-state index in [2.05, 4.69) is 10.1 Å². The highest BCUT2D eigenvalue weighted by Crippen LogP contribution is 2.35. The second kappa shape index (κ2) is 11.9. The van der Waals surface area contributed by atoms with E-state index in [0.29, 0.717) is 27.8 Å². The van der Waals surface area contributed by atoms with Crippen LogP contribution in [0.4, 0.5) is 5.69 Å². The Morgan fingerprint density at radius 1 is 1.09 bits per heavy atom. The number of carboxylic acids is 1. The standard InChI is InChI=1S/C32H21ClN4O8/c1-43-26-10-5-11-27-23(26)15-28(45-27)30-35-24-9-3-2-8-22(24)31(38)36(30)34-16-20-13-21(33)14-25(37(41)42)29(20)44-17-18-6-4-7-19(12-18)32(39)40/h2-16H,17H2,1H3,(H,39,40). The number of nitrogens with zero attached hydrogens (tertiary/aromatic N) is 4. The molecular weight excluding hydrogens is 604 g/mol. The number of carboxylic acid groups (broad SMARTS) is 1. The Kier molecular flexibility index (Phi) is 7.71. The number of nitro groups is 1. The smallest absolute Gasteiger partial charge is 0.335 e. The number of carbonyl (C=O) groups is 1. The minimum absolute atomic E-state index is 0.0250. The Balaban J connectivity index is 1.49. The number of aromatic nitrogens is 2. The first kappa shape index (κ1) is 29.1. The maximum absolute atomic E-state index is 13.7. The molecule has 6 aromatic rings. The van der Waals surface area contributed by atoms with Crippen LogP contribution in [0.5, 0.6) is 11.5 Å². The van der Waals surface area contributed by atoms with Crippen molar-refractivity contribution >= 4 is 51.3 Å². The fraction of sp³-hybridized carbons (Fsp3) is 0.0625. The summed E-state index contributed by atoms with van der Waals surface area (Å²) in [5.74, 6) is -0.470. The van der Waals surface area contributed by atoms with E-state index in [1.807, 2.05) is 0 Å². The summed E-state index contributed by atoms with van der Waals surface area (Å²) in [7, 11) is 1.53. The van der Waals surface area contributed by atoms with Gasteiger partial charge in [0.05, 0.1) is 40.1 Å². The second-order valence-corrected chi connectivity index (χ2v) is 10.1. The van der Waals surface area contributed by atoms with Crippen LogP contribution in [0, 0.1) is 10.1 Å². The molecule has 45 heavy (non-hydrogen) atoms. The van der Waals surface area contributed by atoms with Gasteiger partial charge in [-0.15, -0.1) is 0 Å². The third kappa shape index (κ3) is 5.69. The lowest BCUT2D eigenvalue weighted by Gasteiger charge is -2.11. The molecule has 0 aliphatic carbocycles. The van der Waals surface area contributed by atoms with Gasteiger partial charge < -0.3 is 19.0 Å². The molecule has 13 heteroatoms. The summed E-state index contributed by atoms with van der Waals surface area (Å²) in [5, 5.41) is 26.7. The number of benzene rings is 4. The van der Waals surface area contributed by atoms with E-state index in [-0.39, 0.29) is 45.5 Å². The Morgan fingerprint density at radius 2 is 1.89 bits per heavy atom. The minimum atomic E-state index is -1.13. The first-order chi connectivity index (χ1) is 21.7. The Hall–Kier alpha value is -6.01. The zero-order chi connectivity index (χ0) is 31.7. The molecule has 0 fully saturated rings. The lowest BCUT2D eigenvalue weighted by Crippen LogP contribution is -2.20. The number of furan rings is 1. The van der Waals surface area contributed by atoms with Crippen molar-refractivity contribution in [2.45, 2.75) is 6.61 Å². The van der Waals surface area contributed by atoms with Crippen molar-refractivity contribution in [3.63, 3.8) is 0 Å². The molecule has 1 N–H and O–H groups in total. The number of fused-ring (bicyclic) bond motifs is 2. The van der Waals surface area contributed by atoms with Gasteiger partial charge in [0, 0.05) is 16.7 Å². The summed E-state index contributed by atoms with van der Waals surface area (Å²) >= 11 is 6.24. The van der Waals surface area contributed by atoms with E-state index in [1.165, 1.54) is 37.6 Å². The molecule has 6 rings (SSSR count). The van der Waals surface area contributed by atoms with Crippen LogP contribution in [0.25, 0.3) is 33.5 Å². The number of ether oxygens (including phenoxy) is 2. The normalized spacial score (nSPS) is 11.3. The average Bonchev–Trinajstić information content (AvgIpc) is 3.48. The van der Waals surface area contributed by atoms with Crippen LogP contribution in [0.2, 0.25) is 5.02 Å². The van der Waals surface area contributed by atoms with Gasteiger partial charge in [-0.05, 0) is 54.1 Å². The lowest BCUT2D eigenvalue weighted by molar-refractivity contribution is -0.385. The molecule has 0 saturated carbocycles. The number of para-hydroxylation sites is 1. The van der Waals surface area contributed by atoms with E-state index >= 15 is 0 Å². The maximum Gasteiger partial charge on any atom is 0.335 e. The lowest BCUT2D eigenvalue weighted by atomic mass is 10.1. The van der Waals surface area contributed by atoms with Gasteiger partial charge in [-0.25, -0.2) is 9.78 Å². The van der Waals surface area contributed by atoms with Gasteiger partial charge in [-0.3, -0.25) is 14.9 Å². The average molecular weight is 625 g/mol. The number of hydrogen-bond acceptors (Lipinski definition) is 9. The third-order valence-electron chi connectivity index (χ3n) is 6.84. The summed E-state index contributed by atoms with van der Waals surface area (Å²) in [4.78, 5) is 41.1. The SMILES string of the molecule is COc1cccc2oc(-c3nc4ccccc4c(=O)n3N=Cc3cc(Cl)cc([N+](=O)[O-])c3OCc3cccc(C(=O)O)c3)cc12. The fourth-order valence-corrected chi connectivity index (χ4v) is 4.99. The first-order valence-corrected chi connectivity index (χ1v) is 13.7. The van der Waals surface area contributed by atoms with Crippen molar-refractivity contribution in [1.82, 2.24) is 9.66 Å². The van der Waals surface area contributed by atoms with Crippen molar-refractivity contribution in [3.8, 4) is 23.1 Å². The molecule has 4 aromatic carbocycles. The first-order valence-electron chi connectivity index (χ1n) is 13.3. The molecule has 0 bridgehead atoms. The van der Waals surface area contributed by atoms with Crippen LogP contribution in [-0.4, -0.2) is 39.0 Å². The Bertz CT molecular complexity index is 2220. The van der Waals surface area contributed by atoms with Crippen LogP contribution in [0.1, 0.15) is 21.5 Å². The van der Waals surface area contributed by atoms with E-state index in [1.54, 1.807) is 54.6 Å². The molecule has 0 spiro atoms. The molecule has 0 aliphatic rings. The molecule has 0 radical (unpaired) electrons. The van der Waals surface area contributed by atoms with E-state index in [0.717, 1.165) is 10.7 Å². The number of methoxy groups -OCH3 is 1. The molecule has 2 heterocycles. The molecule has 224 valence electrons. The molecular formula is C32H21ClN4O8. The van der Waals surface area contributed by atoms with Crippen molar-refractivity contribution in [2.75, 3.05) is 7.11 Å². The van der Waals surface area contributed by atoms with Crippen molar-refractivity contribution in [1.29, 1.82) is 0 Å². The van der Waals surface area contributed by atoms with E-state index < -0.39 is 22.1 Å². The highest BCUT2D eigenvalue weighted by atomic mass is 35.5. The molecule has 12 nitrogen and oxygen atoms in total. The number of nitro benzene ring substituents is 1. The quantitative estimate of drug-likeness (QED) is 0.107. The minimum Gasteiger partial charge on any atom is -0.496 e. The van der Waals surface area contributed by atoms with Gasteiger partial charge in [0.2, 0.25) is 11.6 Å². The van der Waals surface area contributed by atoms with Crippen molar-refractivity contribution < 1.29 is 28.7 Å². The number of aromatic carboxylic acids is 1. The predicted octanol–water partition coefficient (Wildman–Crippen LogP) is 6.54. The second-order valence-electron chi connectivity index (χ2n) is 9.69. The van der Waals surface area contributed by atoms with E-state index in [9.17, 15) is 24.8 Å². The molecule has 0 saturated heterocycles. The predicted molar refractivity (Wildman–Crippen MR) is 167 cm³/mol. The van der Waals surface area contributed by atoms with E-state index in [4.69, 9.17) is 25.5 Å². The fourth-order valence-electron chi connectivity index (χ4n) is 4.77. The summed E-state index contributed by atoms with van der Waals surface area (Å²) in [6, 6.07) is 22.2. The monoisotopic (exact) mass is 624 g/mol. The molecule has 0 atom stereocenters. The number of hydrogen-bond donors (Lipinski definition) is 1. The van der Waals surface area contributed by atoms with Crippen LogP contribution < -0.4 is 15.0 Å². The molecule has 2 aromatic heterocycles.